The lowest BCUT2D eigenvalue weighted by atomic mass is 9.97. The molecule has 3 aromatic carbocycles. The molecule has 1 aliphatic heterocycles. The quantitative estimate of drug-likeness (QED) is 0.587. The van der Waals surface area contributed by atoms with E-state index in [0.717, 1.165) is 27.4 Å². The standard InChI is InChI=1S/C16H11NO/c1-9-5-6-10-8-13-15-11(12(10)7-9)3-2-4-14(15)17-16(13)18/h2-8H,1H3,(H,17,18). The Hall–Kier alpha value is -2.35. The average molecular weight is 233 g/mol. The van der Waals surface area contributed by atoms with Crippen LogP contribution in [0.1, 0.15) is 15.9 Å². The molecule has 2 heteroatoms. The summed E-state index contributed by atoms with van der Waals surface area (Å²) in [6, 6.07) is 14.4. The SMILES string of the molecule is Cc1ccc2cc3c4c(cccc4c2c1)NC3=O. The second-order valence-corrected chi connectivity index (χ2v) is 4.83. The Balaban J connectivity index is 2.33. The van der Waals surface area contributed by atoms with Gasteiger partial charge in [0.25, 0.3) is 5.91 Å². The van der Waals surface area contributed by atoms with Gasteiger partial charge in [-0.05, 0) is 35.2 Å². The van der Waals surface area contributed by atoms with Crippen LogP contribution in [0.15, 0.2) is 42.5 Å². The Kier molecular flexibility index (Phi) is 1.67. The predicted octanol–water partition coefficient (Wildman–Crippen LogP) is 3.87. The smallest absolute Gasteiger partial charge is 0.256 e. The largest absolute Gasteiger partial charge is 0.321 e. The molecule has 0 unspecified atom stereocenters. The van der Waals surface area contributed by atoms with Gasteiger partial charge in [-0.1, -0.05) is 35.9 Å². The molecule has 18 heavy (non-hydrogen) atoms. The Morgan fingerprint density at radius 2 is 1.89 bits per heavy atom. The van der Waals surface area contributed by atoms with Gasteiger partial charge in [-0.15, -0.1) is 0 Å². The maximum Gasteiger partial charge on any atom is 0.256 e. The van der Waals surface area contributed by atoms with Crippen LogP contribution in [-0.2, 0) is 0 Å². The Morgan fingerprint density at radius 1 is 1.00 bits per heavy atom. The van der Waals surface area contributed by atoms with Gasteiger partial charge in [0.2, 0.25) is 0 Å². The normalized spacial score (nSPS) is 13.3. The average Bonchev–Trinajstić information content (AvgIpc) is 2.69. The molecule has 0 saturated carbocycles. The summed E-state index contributed by atoms with van der Waals surface area (Å²) in [5.41, 5.74) is 2.95. The van der Waals surface area contributed by atoms with Crippen molar-refractivity contribution in [1.82, 2.24) is 0 Å². The van der Waals surface area contributed by atoms with Gasteiger partial charge in [-0.2, -0.15) is 0 Å². The minimum atomic E-state index is 0.00340. The number of fused-ring (bicyclic) bond motifs is 2. The molecule has 86 valence electrons. The Labute approximate surface area is 104 Å². The van der Waals surface area contributed by atoms with Crippen LogP contribution >= 0.6 is 0 Å². The van der Waals surface area contributed by atoms with Crippen molar-refractivity contribution < 1.29 is 4.79 Å². The number of aryl methyl sites for hydroxylation is 1. The molecule has 0 saturated heterocycles. The molecular formula is C16H11NO. The predicted molar refractivity (Wildman–Crippen MR) is 74.1 cm³/mol. The van der Waals surface area contributed by atoms with Crippen LogP contribution in [0.2, 0.25) is 0 Å². The number of nitrogens with one attached hydrogen (secondary N) is 1. The van der Waals surface area contributed by atoms with E-state index >= 15 is 0 Å². The van der Waals surface area contributed by atoms with Crippen molar-refractivity contribution in [2.45, 2.75) is 6.92 Å². The summed E-state index contributed by atoms with van der Waals surface area (Å²) in [6.07, 6.45) is 0. The van der Waals surface area contributed by atoms with Crippen LogP contribution in [0, 0.1) is 6.92 Å². The van der Waals surface area contributed by atoms with Crippen LogP contribution < -0.4 is 5.32 Å². The topological polar surface area (TPSA) is 29.1 Å². The fourth-order valence-corrected chi connectivity index (χ4v) is 2.80. The Bertz CT molecular complexity index is 833. The molecule has 0 radical (unpaired) electrons. The maximum atomic E-state index is 11.9. The third kappa shape index (κ3) is 1.10. The molecule has 1 amide bonds. The van der Waals surface area contributed by atoms with Crippen LogP contribution in [0.25, 0.3) is 21.5 Å². The minimum Gasteiger partial charge on any atom is -0.321 e. The molecule has 0 spiro atoms. The lowest BCUT2D eigenvalue weighted by molar-refractivity contribution is 0.103. The molecule has 0 aromatic heterocycles. The van der Waals surface area contributed by atoms with E-state index in [1.807, 2.05) is 18.2 Å². The lowest BCUT2D eigenvalue weighted by Gasteiger charge is -2.06. The number of benzene rings is 3. The van der Waals surface area contributed by atoms with Gasteiger partial charge in [-0.3, -0.25) is 4.79 Å². The van der Waals surface area contributed by atoms with Crippen LogP contribution in [0.3, 0.4) is 0 Å². The molecule has 0 atom stereocenters. The highest BCUT2D eigenvalue weighted by Gasteiger charge is 2.22. The van der Waals surface area contributed by atoms with E-state index in [1.165, 1.54) is 10.9 Å². The molecule has 0 bridgehead atoms. The molecule has 1 aliphatic rings. The van der Waals surface area contributed by atoms with Crippen molar-refractivity contribution >= 4 is 33.1 Å². The highest BCUT2D eigenvalue weighted by molar-refractivity contribution is 6.28. The van der Waals surface area contributed by atoms with E-state index in [-0.39, 0.29) is 5.91 Å². The van der Waals surface area contributed by atoms with E-state index in [2.05, 4.69) is 36.5 Å². The lowest BCUT2D eigenvalue weighted by Crippen LogP contribution is -2.03. The summed E-state index contributed by atoms with van der Waals surface area (Å²) in [6.45, 7) is 2.09. The molecule has 3 aromatic rings. The zero-order valence-corrected chi connectivity index (χ0v) is 9.95. The van der Waals surface area contributed by atoms with E-state index in [0.29, 0.717) is 0 Å². The van der Waals surface area contributed by atoms with Gasteiger partial charge >= 0.3 is 0 Å². The number of hydrogen-bond acceptors (Lipinski definition) is 1. The minimum absolute atomic E-state index is 0.00340. The molecule has 0 fully saturated rings. The van der Waals surface area contributed by atoms with Gasteiger partial charge in [-0.25, -0.2) is 0 Å². The number of anilines is 1. The summed E-state index contributed by atoms with van der Waals surface area (Å²) in [5.74, 6) is 0.00340. The number of rotatable bonds is 0. The fraction of sp³-hybridized carbons (Fsp3) is 0.0625. The third-order valence-electron chi connectivity index (χ3n) is 3.63. The van der Waals surface area contributed by atoms with E-state index < -0.39 is 0 Å². The summed E-state index contributed by atoms with van der Waals surface area (Å²) in [4.78, 5) is 11.9. The van der Waals surface area contributed by atoms with Crippen molar-refractivity contribution in [2.75, 3.05) is 5.32 Å². The zero-order chi connectivity index (χ0) is 12.3. The van der Waals surface area contributed by atoms with E-state index in [1.54, 1.807) is 0 Å². The number of hydrogen-bond donors (Lipinski definition) is 1. The van der Waals surface area contributed by atoms with Crippen LogP contribution in [-0.4, -0.2) is 5.91 Å². The second-order valence-electron chi connectivity index (χ2n) is 4.83. The molecule has 1 heterocycles. The summed E-state index contributed by atoms with van der Waals surface area (Å²) in [5, 5.41) is 7.47. The van der Waals surface area contributed by atoms with Gasteiger partial charge in [0, 0.05) is 11.1 Å². The first kappa shape index (κ1) is 9.66. The van der Waals surface area contributed by atoms with Gasteiger partial charge in [0.05, 0.1) is 5.56 Å². The molecule has 0 aliphatic carbocycles. The highest BCUT2D eigenvalue weighted by Crippen LogP contribution is 2.37. The van der Waals surface area contributed by atoms with Gasteiger partial charge in [0.1, 0.15) is 0 Å². The van der Waals surface area contributed by atoms with Crippen molar-refractivity contribution in [1.29, 1.82) is 0 Å². The Morgan fingerprint density at radius 3 is 2.78 bits per heavy atom. The number of amides is 1. The van der Waals surface area contributed by atoms with Crippen molar-refractivity contribution in [3.63, 3.8) is 0 Å². The zero-order valence-electron chi connectivity index (χ0n) is 9.95. The monoisotopic (exact) mass is 233 g/mol. The van der Waals surface area contributed by atoms with Crippen molar-refractivity contribution in [2.24, 2.45) is 0 Å². The van der Waals surface area contributed by atoms with Crippen LogP contribution in [0.4, 0.5) is 5.69 Å². The summed E-state index contributed by atoms with van der Waals surface area (Å²) < 4.78 is 0. The third-order valence-corrected chi connectivity index (χ3v) is 3.63. The fourth-order valence-electron chi connectivity index (χ4n) is 2.80. The maximum absolute atomic E-state index is 11.9. The highest BCUT2D eigenvalue weighted by atomic mass is 16.1. The first-order valence-corrected chi connectivity index (χ1v) is 6.01. The van der Waals surface area contributed by atoms with Gasteiger partial charge in [0.15, 0.2) is 0 Å². The molecular weight excluding hydrogens is 222 g/mol. The van der Waals surface area contributed by atoms with Gasteiger partial charge < -0.3 is 5.32 Å². The molecule has 4 rings (SSSR count). The summed E-state index contributed by atoms with van der Waals surface area (Å²) >= 11 is 0. The number of carbonyl (C=O) groups excluding carboxylic acids is 1. The van der Waals surface area contributed by atoms with E-state index in [4.69, 9.17) is 0 Å². The second kappa shape index (κ2) is 3.10. The van der Waals surface area contributed by atoms with Crippen molar-refractivity contribution in [3.05, 3.63) is 53.6 Å². The van der Waals surface area contributed by atoms with Crippen molar-refractivity contribution in [3.8, 4) is 0 Å². The first-order valence-electron chi connectivity index (χ1n) is 6.01. The van der Waals surface area contributed by atoms with Crippen LogP contribution in [0.5, 0.6) is 0 Å². The molecule has 1 N–H and O–H groups in total. The first-order chi connectivity index (χ1) is 8.74. The van der Waals surface area contributed by atoms with E-state index in [9.17, 15) is 4.79 Å². The summed E-state index contributed by atoms with van der Waals surface area (Å²) in [7, 11) is 0. The molecule has 2 nitrogen and oxygen atoms in total. The number of carbonyl (C=O) groups is 1.